The number of hydrogen-bond donors (Lipinski definition) is 1. The predicted molar refractivity (Wildman–Crippen MR) is 98.6 cm³/mol. The largest absolute Gasteiger partial charge is 0.353 e. The van der Waals surface area contributed by atoms with E-state index in [-0.39, 0.29) is 17.8 Å². The fourth-order valence-electron chi connectivity index (χ4n) is 3.39. The lowest BCUT2D eigenvalue weighted by Gasteiger charge is -2.35. The van der Waals surface area contributed by atoms with E-state index >= 15 is 0 Å². The van der Waals surface area contributed by atoms with Crippen LogP contribution in [0.5, 0.6) is 0 Å². The second kappa shape index (κ2) is 7.02. The van der Waals surface area contributed by atoms with Gasteiger partial charge in [0.05, 0.1) is 0 Å². The van der Waals surface area contributed by atoms with Crippen LogP contribution < -0.4 is 10.2 Å². The Morgan fingerprint density at radius 1 is 1.19 bits per heavy atom. The van der Waals surface area contributed by atoms with Crippen molar-refractivity contribution >= 4 is 11.7 Å². The predicted octanol–water partition coefficient (Wildman–Crippen LogP) is 3.55. The van der Waals surface area contributed by atoms with Crippen molar-refractivity contribution in [3.05, 3.63) is 41.8 Å². The highest BCUT2D eigenvalue weighted by Gasteiger charge is 2.29. The van der Waals surface area contributed by atoms with Crippen LogP contribution in [0.4, 0.5) is 10.2 Å². The van der Waals surface area contributed by atoms with Crippen LogP contribution in [0.1, 0.15) is 49.4 Å². The first-order valence-electron chi connectivity index (χ1n) is 9.32. The van der Waals surface area contributed by atoms with Crippen molar-refractivity contribution in [1.82, 2.24) is 15.3 Å². The highest BCUT2D eigenvalue weighted by Crippen LogP contribution is 2.29. The first kappa shape index (κ1) is 16.9. The molecular formula is C20H23FN4O. The number of nitrogens with one attached hydrogen (secondary N) is 1. The van der Waals surface area contributed by atoms with Gasteiger partial charge >= 0.3 is 0 Å². The second-order valence-electron chi connectivity index (χ2n) is 7.22. The Hall–Kier alpha value is -2.50. The van der Waals surface area contributed by atoms with E-state index in [1.54, 1.807) is 18.3 Å². The molecule has 0 bridgehead atoms. The molecule has 6 heteroatoms. The number of rotatable bonds is 4. The molecule has 1 aliphatic carbocycles. The quantitative estimate of drug-likeness (QED) is 0.912. The van der Waals surface area contributed by atoms with Crippen molar-refractivity contribution in [3.8, 4) is 11.4 Å². The number of anilines is 1. The third-order valence-electron chi connectivity index (χ3n) is 5.10. The number of piperidine rings is 1. The van der Waals surface area contributed by atoms with Gasteiger partial charge in [-0.05, 0) is 63.3 Å². The number of nitrogens with zero attached hydrogens (tertiary/aromatic N) is 3. The Kier molecular flexibility index (Phi) is 4.57. The Morgan fingerprint density at radius 2 is 1.96 bits per heavy atom. The molecule has 1 atom stereocenters. The minimum absolute atomic E-state index is 0.106. The Balaban J connectivity index is 1.73. The minimum atomic E-state index is -0.293. The van der Waals surface area contributed by atoms with Crippen molar-refractivity contribution in [1.29, 1.82) is 0 Å². The Morgan fingerprint density at radius 3 is 2.65 bits per heavy atom. The van der Waals surface area contributed by atoms with Crippen LogP contribution in [0.3, 0.4) is 0 Å². The molecule has 4 rings (SSSR count). The number of benzene rings is 1. The molecule has 5 nitrogen and oxygen atoms in total. The SMILES string of the molecule is C[C@@H]1CCCCN1c1nc(-c2ccc(F)cc2)ncc1C(=O)NC1CC1. The van der Waals surface area contributed by atoms with Crippen LogP contribution in [0.25, 0.3) is 11.4 Å². The zero-order valence-electron chi connectivity index (χ0n) is 14.9. The first-order valence-corrected chi connectivity index (χ1v) is 9.32. The zero-order chi connectivity index (χ0) is 18.1. The van der Waals surface area contributed by atoms with E-state index in [9.17, 15) is 9.18 Å². The van der Waals surface area contributed by atoms with Crippen molar-refractivity contribution in [2.45, 2.75) is 51.1 Å². The number of carbonyl (C=O) groups is 1. The molecule has 1 saturated heterocycles. The molecule has 2 aromatic rings. The van der Waals surface area contributed by atoms with E-state index < -0.39 is 0 Å². The maximum Gasteiger partial charge on any atom is 0.256 e. The second-order valence-corrected chi connectivity index (χ2v) is 7.22. The van der Waals surface area contributed by atoms with Crippen molar-refractivity contribution in [3.63, 3.8) is 0 Å². The van der Waals surface area contributed by atoms with Gasteiger partial charge in [0.25, 0.3) is 5.91 Å². The molecule has 1 amide bonds. The number of carbonyl (C=O) groups excluding carboxylic acids is 1. The van der Waals surface area contributed by atoms with Crippen LogP contribution in [-0.2, 0) is 0 Å². The maximum atomic E-state index is 13.2. The van der Waals surface area contributed by atoms with Crippen molar-refractivity contribution in [2.75, 3.05) is 11.4 Å². The average Bonchev–Trinajstić information content (AvgIpc) is 3.46. The summed E-state index contributed by atoms with van der Waals surface area (Å²) < 4.78 is 13.2. The zero-order valence-corrected chi connectivity index (χ0v) is 14.9. The van der Waals surface area contributed by atoms with Crippen LogP contribution in [-0.4, -0.2) is 34.5 Å². The molecule has 2 fully saturated rings. The van der Waals surface area contributed by atoms with Gasteiger partial charge in [-0.1, -0.05) is 0 Å². The van der Waals surface area contributed by atoms with Gasteiger partial charge in [-0.3, -0.25) is 4.79 Å². The summed E-state index contributed by atoms with van der Waals surface area (Å²) in [5, 5.41) is 3.04. The summed E-state index contributed by atoms with van der Waals surface area (Å²) >= 11 is 0. The standard InChI is InChI=1S/C20H23FN4O/c1-13-4-2-3-11-25(13)19-17(20(26)23-16-9-10-16)12-22-18(24-19)14-5-7-15(21)8-6-14/h5-8,12-13,16H,2-4,9-11H2,1H3,(H,23,26)/t13-/m1/s1. The van der Waals surface area contributed by atoms with Crippen LogP contribution in [0.15, 0.2) is 30.5 Å². The lowest BCUT2D eigenvalue weighted by atomic mass is 10.0. The van der Waals surface area contributed by atoms with E-state index in [4.69, 9.17) is 4.98 Å². The van der Waals surface area contributed by atoms with Gasteiger partial charge in [-0.15, -0.1) is 0 Å². The van der Waals surface area contributed by atoms with Gasteiger partial charge in [0.1, 0.15) is 17.2 Å². The Bertz CT molecular complexity index is 804. The van der Waals surface area contributed by atoms with Gasteiger partial charge in [0.15, 0.2) is 5.82 Å². The summed E-state index contributed by atoms with van der Waals surface area (Å²) in [5.41, 5.74) is 1.27. The van der Waals surface area contributed by atoms with Crippen molar-refractivity contribution < 1.29 is 9.18 Å². The number of aromatic nitrogens is 2. The van der Waals surface area contributed by atoms with Crippen LogP contribution >= 0.6 is 0 Å². The molecule has 0 spiro atoms. The molecule has 136 valence electrons. The lowest BCUT2D eigenvalue weighted by Crippen LogP contribution is -2.40. The Labute approximate surface area is 152 Å². The van der Waals surface area contributed by atoms with Crippen LogP contribution in [0, 0.1) is 5.82 Å². The van der Waals surface area contributed by atoms with Crippen LogP contribution in [0.2, 0.25) is 0 Å². The topological polar surface area (TPSA) is 58.1 Å². The monoisotopic (exact) mass is 354 g/mol. The number of hydrogen-bond acceptors (Lipinski definition) is 4. The third kappa shape index (κ3) is 3.54. The first-order chi connectivity index (χ1) is 12.6. The molecular weight excluding hydrogens is 331 g/mol. The summed E-state index contributed by atoms with van der Waals surface area (Å²) in [5.74, 6) is 0.801. The summed E-state index contributed by atoms with van der Waals surface area (Å²) in [6.07, 6.45) is 7.05. The number of halogens is 1. The van der Waals surface area contributed by atoms with E-state index in [0.29, 0.717) is 23.2 Å². The van der Waals surface area contributed by atoms with Gasteiger partial charge in [0.2, 0.25) is 0 Å². The normalized spacial score (nSPS) is 20.1. The summed E-state index contributed by atoms with van der Waals surface area (Å²) in [7, 11) is 0. The van der Waals surface area contributed by atoms with Gasteiger partial charge in [-0.2, -0.15) is 0 Å². The third-order valence-corrected chi connectivity index (χ3v) is 5.10. The van der Waals surface area contributed by atoms with Gasteiger partial charge < -0.3 is 10.2 Å². The fraction of sp³-hybridized carbons (Fsp3) is 0.450. The highest BCUT2D eigenvalue weighted by molar-refractivity contribution is 5.99. The summed E-state index contributed by atoms with van der Waals surface area (Å²) in [6, 6.07) is 6.74. The van der Waals surface area contributed by atoms with E-state index in [0.717, 1.165) is 37.8 Å². The molecule has 1 aliphatic heterocycles. The molecule has 2 aliphatic rings. The molecule has 1 aromatic carbocycles. The molecule has 0 unspecified atom stereocenters. The molecule has 1 aromatic heterocycles. The van der Waals surface area contributed by atoms with E-state index in [1.807, 2.05) is 0 Å². The van der Waals surface area contributed by atoms with Gasteiger partial charge in [-0.25, -0.2) is 14.4 Å². The smallest absolute Gasteiger partial charge is 0.256 e. The van der Waals surface area contributed by atoms with Gasteiger partial charge in [0, 0.05) is 30.4 Å². The van der Waals surface area contributed by atoms with E-state index in [1.165, 1.54) is 18.6 Å². The molecule has 26 heavy (non-hydrogen) atoms. The minimum Gasteiger partial charge on any atom is -0.353 e. The highest BCUT2D eigenvalue weighted by atomic mass is 19.1. The number of amides is 1. The molecule has 0 radical (unpaired) electrons. The van der Waals surface area contributed by atoms with E-state index in [2.05, 4.69) is 22.1 Å². The van der Waals surface area contributed by atoms with Crippen molar-refractivity contribution in [2.24, 2.45) is 0 Å². The molecule has 1 N–H and O–H groups in total. The summed E-state index contributed by atoms with van der Waals surface area (Å²) in [4.78, 5) is 24.0. The molecule has 2 heterocycles. The maximum absolute atomic E-state index is 13.2. The molecule has 1 saturated carbocycles. The lowest BCUT2D eigenvalue weighted by molar-refractivity contribution is 0.0950. The fourth-order valence-corrected chi connectivity index (χ4v) is 3.39. The average molecular weight is 354 g/mol. The summed E-state index contributed by atoms with van der Waals surface area (Å²) in [6.45, 7) is 3.05.